The fourth-order valence-electron chi connectivity index (χ4n) is 3.91. The maximum absolute atomic E-state index is 5.57. The third kappa shape index (κ3) is 4.80. The van der Waals surface area contributed by atoms with E-state index >= 15 is 0 Å². The number of aliphatic imine (C=N–C) groups is 1. The molecule has 0 amide bonds. The number of guanidine groups is 1. The lowest BCUT2D eigenvalue weighted by Crippen LogP contribution is -2.49. The Labute approximate surface area is 178 Å². The largest absolute Gasteiger partial charge is 0.496 e. The zero-order valence-corrected chi connectivity index (χ0v) is 18.6. The SMILES string of the molecule is CCNC(=NCc1c(OC)cc(OC)cc1OC)N1CCC(C)C(n2ccnc2)C1. The Morgan fingerprint density at radius 1 is 1.20 bits per heavy atom. The van der Waals surface area contributed by atoms with Crippen molar-refractivity contribution in [1.29, 1.82) is 0 Å². The lowest BCUT2D eigenvalue weighted by molar-refractivity contribution is 0.189. The van der Waals surface area contributed by atoms with E-state index in [9.17, 15) is 0 Å². The second-order valence-electron chi connectivity index (χ2n) is 7.47. The second-order valence-corrected chi connectivity index (χ2v) is 7.47. The Hall–Kier alpha value is -2.90. The molecule has 2 unspecified atom stereocenters. The van der Waals surface area contributed by atoms with Gasteiger partial charge in [0, 0.05) is 44.2 Å². The summed E-state index contributed by atoms with van der Waals surface area (Å²) in [5, 5.41) is 3.45. The zero-order valence-electron chi connectivity index (χ0n) is 18.6. The van der Waals surface area contributed by atoms with E-state index in [0.717, 1.165) is 37.6 Å². The number of nitrogens with one attached hydrogen (secondary N) is 1. The number of methoxy groups -OCH3 is 3. The summed E-state index contributed by atoms with van der Waals surface area (Å²) < 4.78 is 18.7. The fourth-order valence-corrected chi connectivity index (χ4v) is 3.91. The third-order valence-electron chi connectivity index (χ3n) is 5.66. The van der Waals surface area contributed by atoms with Crippen molar-refractivity contribution in [3.63, 3.8) is 0 Å². The first kappa shape index (κ1) is 21.8. The lowest BCUT2D eigenvalue weighted by atomic mass is 9.93. The molecule has 30 heavy (non-hydrogen) atoms. The van der Waals surface area contributed by atoms with Crippen LogP contribution in [0.5, 0.6) is 17.2 Å². The molecule has 8 nitrogen and oxygen atoms in total. The number of likely N-dealkylation sites (tertiary alicyclic amines) is 1. The average molecular weight is 416 g/mol. The standard InChI is InChI=1S/C22H33N5O3/c1-6-24-22(26-9-7-16(2)19(14-26)27-10-8-23-15-27)25-13-18-20(29-4)11-17(28-3)12-21(18)30-5/h8,10-12,15-16,19H,6-7,9,13-14H2,1-5H3,(H,24,25). The van der Waals surface area contributed by atoms with E-state index in [1.165, 1.54) is 0 Å². The first-order valence-corrected chi connectivity index (χ1v) is 10.4. The van der Waals surface area contributed by atoms with E-state index in [0.29, 0.717) is 35.8 Å². The van der Waals surface area contributed by atoms with Gasteiger partial charge in [0.2, 0.25) is 0 Å². The van der Waals surface area contributed by atoms with Gasteiger partial charge in [-0.15, -0.1) is 0 Å². The van der Waals surface area contributed by atoms with Crippen LogP contribution in [0, 0.1) is 5.92 Å². The fraction of sp³-hybridized carbons (Fsp3) is 0.545. The molecule has 2 atom stereocenters. The first-order valence-electron chi connectivity index (χ1n) is 10.4. The molecule has 164 valence electrons. The molecule has 0 spiro atoms. The maximum Gasteiger partial charge on any atom is 0.194 e. The van der Waals surface area contributed by atoms with Crippen molar-refractivity contribution < 1.29 is 14.2 Å². The van der Waals surface area contributed by atoms with Crippen LogP contribution < -0.4 is 19.5 Å². The van der Waals surface area contributed by atoms with Gasteiger partial charge in [-0.3, -0.25) is 0 Å². The molecular formula is C22H33N5O3. The highest BCUT2D eigenvalue weighted by atomic mass is 16.5. The molecule has 1 N–H and O–H groups in total. The number of piperidine rings is 1. The monoisotopic (exact) mass is 415 g/mol. The van der Waals surface area contributed by atoms with Gasteiger partial charge in [0.25, 0.3) is 0 Å². The van der Waals surface area contributed by atoms with Gasteiger partial charge in [0.1, 0.15) is 17.2 Å². The van der Waals surface area contributed by atoms with E-state index in [-0.39, 0.29) is 0 Å². The predicted molar refractivity (Wildman–Crippen MR) is 118 cm³/mol. The number of nitrogens with zero attached hydrogens (tertiary/aromatic N) is 4. The van der Waals surface area contributed by atoms with Crippen LogP contribution in [-0.2, 0) is 6.54 Å². The molecule has 0 radical (unpaired) electrons. The Morgan fingerprint density at radius 3 is 2.50 bits per heavy atom. The normalized spacial score (nSPS) is 19.5. The Morgan fingerprint density at radius 2 is 1.93 bits per heavy atom. The van der Waals surface area contributed by atoms with E-state index in [4.69, 9.17) is 19.2 Å². The quantitative estimate of drug-likeness (QED) is 0.554. The molecule has 1 aromatic heterocycles. The first-order chi connectivity index (χ1) is 14.6. The van der Waals surface area contributed by atoms with Crippen molar-refractivity contribution in [3.8, 4) is 17.2 Å². The predicted octanol–water partition coefficient (Wildman–Crippen LogP) is 2.96. The number of rotatable bonds is 7. The van der Waals surface area contributed by atoms with Crippen LogP contribution in [-0.4, -0.2) is 61.4 Å². The molecule has 1 aliphatic heterocycles. The van der Waals surface area contributed by atoms with Gasteiger partial charge in [-0.25, -0.2) is 9.98 Å². The van der Waals surface area contributed by atoms with Crippen LogP contribution in [0.4, 0.5) is 0 Å². The Bertz CT molecular complexity index is 812. The Balaban J connectivity index is 1.84. The molecular weight excluding hydrogens is 382 g/mol. The Kier molecular flexibility index (Phi) is 7.43. The highest BCUT2D eigenvalue weighted by molar-refractivity contribution is 5.80. The van der Waals surface area contributed by atoms with E-state index in [1.807, 2.05) is 30.9 Å². The molecule has 0 saturated carbocycles. The van der Waals surface area contributed by atoms with Gasteiger partial charge in [-0.2, -0.15) is 0 Å². The minimum absolute atomic E-state index is 0.371. The number of imidazole rings is 1. The topological polar surface area (TPSA) is 73.1 Å². The summed E-state index contributed by atoms with van der Waals surface area (Å²) in [6, 6.07) is 4.09. The molecule has 8 heteroatoms. The summed E-state index contributed by atoms with van der Waals surface area (Å²) in [7, 11) is 4.92. The minimum Gasteiger partial charge on any atom is -0.496 e. The number of ether oxygens (including phenoxy) is 3. The summed E-state index contributed by atoms with van der Waals surface area (Å²) in [4.78, 5) is 11.5. The van der Waals surface area contributed by atoms with E-state index in [1.54, 1.807) is 21.3 Å². The van der Waals surface area contributed by atoms with Gasteiger partial charge in [0.15, 0.2) is 5.96 Å². The summed E-state index contributed by atoms with van der Waals surface area (Å²) in [6.07, 6.45) is 6.89. The highest BCUT2D eigenvalue weighted by Gasteiger charge is 2.29. The van der Waals surface area contributed by atoms with Gasteiger partial charge >= 0.3 is 0 Å². The van der Waals surface area contributed by atoms with Crippen LogP contribution >= 0.6 is 0 Å². The summed E-state index contributed by atoms with van der Waals surface area (Å²) >= 11 is 0. The van der Waals surface area contributed by atoms with Crippen LogP contribution in [0.3, 0.4) is 0 Å². The van der Waals surface area contributed by atoms with E-state index < -0.39 is 0 Å². The van der Waals surface area contributed by atoms with Gasteiger partial charge in [0.05, 0.1) is 45.8 Å². The van der Waals surface area contributed by atoms with Crippen LogP contribution in [0.25, 0.3) is 0 Å². The summed E-state index contributed by atoms with van der Waals surface area (Å²) in [6.45, 7) is 7.50. The zero-order chi connectivity index (χ0) is 21.5. The summed E-state index contributed by atoms with van der Waals surface area (Å²) in [5.74, 6) is 3.58. The number of hydrogen-bond acceptors (Lipinski definition) is 5. The van der Waals surface area contributed by atoms with Crippen molar-refractivity contribution in [2.75, 3.05) is 41.0 Å². The van der Waals surface area contributed by atoms with Crippen LogP contribution in [0.2, 0.25) is 0 Å². The molecule has 2 aromatic rings. The molecule has 3 rings (SSSR count). The van der Waals surface area contributed by atoms with Crippen molar-refractivity contribution in [2.24, 2.45) is 10.9 Å². The summed E-state index contributed by atoms with van der Waals surface area (Å²) in [5.41, 5.74) is 0.896. The maximum atomic E-state index is 5.57. The molecule has 0 bridgehead atoms. The highest BCUT2D eigenvalue weighted by Crippen LogP contribution is 2.35. The van der Waals surface area contributed by atoms with Crippen molar-refractivity contribution in [3.05, 3.63) is 36.4 Å². The number of aromatic nitrogens is 2. The molecule has 1 saturated heterocycles. The molecule has 2 heterocycles. The molecule has 0 aliphatic carbocycles. The molecule has 1 fully saturated rings. The second kappa shape index (κ2) is 10.2. The van der Waals surface area contributed by atoms with E-state index in [2.05, 4.69) is 33.6 Å². The minimum atomic E-state index is 0.371. The lowest BCUT2D eigenvalue weighted by Gasteiger charge is -2.39. The molecule has 1 aliphatic rings. The van der Waals surface area contributed by atoms with Gasteiger partial charge in [-0.1, -0.05) is 6.92 Å². The number of hydrogen-bond donors (Lipinski definition) is 1. The van der Waals surface area contributed by atoms with Crippen molar-refractivity contribution in [2.45, 2.75) is 32.9 Å². The third-order valence-corrected chi connectivity index (χ3v) is 5.66. The average Bonchev–Trinajstić information content (AvgIpc) is 3.31. The van der Waals surface area contributed by atoms with Crippen LogP contribution in [0.15, 0.2) is 35.8 Å². The van der Waals surface area contributed by atoms with Gasteiger partial charge in [-0.05, 0) is 19.3 Å². The molecule has 1 aromatic carbocycles. The smallest absolute Gasteiger partial charge is 0.194 e. The van der Waals surface area contributed by atoms with Gasteiger partial charge < -0.3 is 29.0 Å². The number of benzene rings is 1. The van der Waals surface area contributed by atoms with Crippen LogP contribution in [0.1, 0.15) is 31.9 Å². The van der Waals surface area contributed by atoms with Crippen molar-refractivity contribution in [1.82, 2.24) is 19.8 Å². The van der Waals surface area contributed by atoms with Crippen molar-refractivity contribution >= 4 is 5.96 Å².